The molecule has 2 aliphatic rings. The fourth-order valence-electron chi connectivity index (χ4n) is 4.35. The molecule has 2 aromatic rings. The van der Waals surface area contributed by atoms with Crippen LogP contribution in [0.1, 0.15) is 31.5 Å². The highest BCUT2D eigenvalue weighted by molar-refractivity contribution is 7.97. The van der Waals surface area contributed by atoms with Crippen molar-refractivity contribution < 1.29 is 9.59 Å². The maximum Gasteiger partial charge on any atom is 0.242 e. The number of thioether (sulfide) groups is 1. The van der Waals surface area contributed by atoms with Crippen LogP contribution in [0.5, 0.6) is 0 Å². The molecule has 2 amide bonds. The Balaban J connectivity index is 1.40. The molecule has 2 aliphatic heterocycles. The SMILES string of the molecule is CSCc1nc2ccccc2n1CC(=O)N1CCC(C(=O)N2CCCC2)CC1. The van der Waals surface area contributed by atoms with Crippen molar-refractivity contribution in [2.45, 2.75) is 38.0 Å². The van der Waals surface area contributed by atoms with Crippen LogP contribution in [-0.2, 0) is 21.9 Å². The number of carbonyl (C=O) groups is 2. The number of amides is 2. The topological polar surface area (TPSA) is 58.4 Å². The molecule has 4 rings (SSSR count). The van der Waals surface area contributed by atoms with Crippen molar-refractivity contribution in [1.82, 2.24) is 19.4 Å². The molecule has 0 unspecified atom stereocenters. The maximum absolute atomic E-state index is 13.0. The smallest absolute Gasteiger partial charge is 0.242 e. The van der Waals surface area contributed by atoms with Gasteiger partial charge in [0.05, 0.1) is 16.8 Å². The summed E-state index contributed by atoms with van der Waals surface area (Å²) in [7, 11) is 0. The molecule has 1 aromatic carbocycles. The first-order valence-corrected chi connectivity index (χ1v) is 11.6. The number of rotatable bonds is 5. The molecule has 0 saturated carbocycles. The van der Waals surface area contributed by atoms with Gasteiger partial charge in [-0.25, -0.2) is 4.98 Å². The van der Waals surface area contributed by atoms with Gasteiger partial charge in [-0.05, 0) is 44.1 Å². The molecule has 6 nitrogen and oxygen atoms in total. The molecule has 0 radical (unpaired) electrons. The van der Waals surface area contributed by atoms with Crippen molar-refractivity contribution in [3.05, 3.63) is 30.1 Å². The summed E-state index contributed by atoms with van der Waals surface area (Å²) in [6, 6.07) is 7.99. The van der Waals surface area contributed by atoms with E-state index in [9.17, 15) is 9.59 Å². The highest BCUT2D eigenvalue weighted by Gasteiger charge is 2.31. The van der Waals surface area contributed by atoms with Gasteiger partial charge in [-0.15, -0.1) is 0 Å². The summed E-state index contributed by atoms with van der Waals surface area (Å²) < 4.78 is 2.05. The van der Waals surface area contributed by atoms with Gasteiger partial charge >= 0.3 is 0 Å². The summed E-state index contributed by atoms with van der Waals surface area (Å²) in [6.07, 6.45) is 5.86. The van der Waals surface area contributed by atoms with Gasteiger partial charge in [0.15, 0.2) is 0 Å². The molecule has 7 heteroatoms. The third-order valence-corrected chi connectivity index (χ3v) is 6.46. The lowest BCUT2D eigenvalue weighted by molar-refractivity contribution is -0.140. The number of piperidine rings is 1. The summed E-state index contributed by atoms with van der Waals surface area (Å²) >= 11 is 1.71. The van der Waals surface area contributed by atoms with Crippen molar-refractivity contribution in [3.63, 3.8) is 0 Å². The second-order valence-corrected chi connectivity index (χ2v) is 8.59. The molecule has 150 valence electrons. The van der Waals surface area contributed by atoms with E-state index in [0.29, 0.717) is 25.5 Å². The first kappa shape index (κ1) is 19.3. The van der Waals surface area contributed by atoms with E-state index in [4.69, 9.17) is 4.98 Å². The van der Waals surface area contributed by atoms with Crippen LogP contribution < -0.4 is 0 Å². The van der Waals surface area contributed by atoms with Crippen molar-refractivity contribution in [2.75, 3.05) is 32.4 Å². The first-order chi connectivity index (χ1) is 13.7. The monoisotopic (exact) mass is 400 g/mol. The largest absolute Gasteiger partial charge is 0.342 e. The Bertz CT molecular complexity index is 851. The van der Waals surface area contributed by atoms with E-state index in [2.05, 4.69) is 4.57 Å². The highest BCUT2D eigenvalue weighted by Crippen LogP contribution is 2.23. The van der Waals surface area contributed by atoms with E-state index in [1.54, 1.807) is 11.8 Å². The molecular formula is C21H28N4O2S. The molecule has 1 aromatic heterocycles. The number of carbonyl (C=O) groups excluding carboxylic acids is 2. The number of aromatic nitrogens is 2. The number of likely N-dealkylation sites (tertiary alicyclic amines) is 2. The average molecular weight is 401 g/mol. The second-order valence-electron chi connectivity index (χ2n) is 7.72. The van der Waals surface area contributed by atoms with Crippen LogP contribution in [0.15, 0.2) is 24.3 Å². The van der Waals surface area contributed by atoms with Crippen LogP contribution >= 0.6 is 11.8 Å². The predicted octanol–water partition coefficient (Wildman–Crippen LogP) is 2.76. The zero-order valence-corrected chi connectivity index (χ0v) is 17.3. The highest BCUT2D eigenvalue weighted by atomic mass is 32.2. The normalized spacial score (nSPS) is 18.2. The number of fused-ring (bicyclic) bond motifs is 1. The Morgan fingerprint density at radius 1 is 1.07 bits per heavy atom. The van der Waals surface area contributed by atoms with E-state index >= 15 is 0 Å². The number of nitrogens with zero attached hydrogens (tertiary/aromatic N) is 4. The number of benzene rings is 1. The van der Waals surface area contributed by atoms with Gasteiger partial charge in [0.25, 0.3) is 0 Å². The fraction of sp³-hybridized carbons (Fsp3) is 0.571. The lowest BCUT2D eigenvalue weighted by atomic mass is 9.95. The molecular weight excluding hydrogens is 372 g/mol. The molecule has 2 fully saturated rings. The Kier molecular flexibility index (Phi) is 5.90. The Hall–Kier alpha value is -2.02. The van der Waals surface area contributed by atoms with Crippen LogP contribution in [-0.4, -0.2) is 63.6 Å². The first-order valence-electron chi connectivity index (χ1n) is 10.2. The third-order valence-electron chi connectivity index (χ3n) is 5.92. The minimum absolute atomic E-state index is 0.0864. The van der Waals surface area contributed by atoms with Crippen LogP contribution in [0.3, 0.4) is 0 Å². The van der Waals surface area contributed by atoms with Gasteiger partial charge < -0.3 is 14.4 Å². The van der Waals surface area contributed by atoms with Crippen molar-refractivity contribution in [3.8, 4) is 0 Å². The number of hydrogen-bond donors (Lipinski definition) is 0. The molecule has 3 heterocycles. The Morgan fingerprint density at radius 2 is 1.79 bits per heavy atom. The quantitative estimate of drug-likeness (QED) is 0.774. The molecule has 28 heavy (non-hydrogen) atoms. The molecule has 0 spiro atoms. The van der Waals surface area contributed by atoms with Crippen LogP contribution in [0, 0.1) is 5.92 Å². The number of imidazole rings is 1. The molecule has 0 aliphatic carbocycles. The molecule has 0 atom stereocenters. The minimum atomic E-state index is 0.0864. The summed E-state index contributed by atoms with van der Waals surface area (Å²) in [5, 5.41) is 0. The summed E-state index contributed by atoms with van der Waals surface area (Å²) in [5.41, 5.74) is 1.95. The van der Waals surface area contributed by atoms with Gasteiger partial charge in [0.1, 0.15) is 12.4 Å². The van der Waals surface area contributed by atoms with E-state index in [0.717, 1.165) is 61.4 Å². The number of hydrogen-bond acceptors (Lipinski definition) is 4. The summed E-state index contributed by atoms with van der Waals surface area (Å²) in [5.74, 6) is 2.24. The molecule has 0 N–H and O–H groups in total. The third kappa shape index (κ3) is 3.90. The van der Waals surface area contributed by atoms with Crippen LogP contribution in [0.4, 0.5) is 0 Å². The lowest BCUT2D eigenvalue weighted by Gasteiger charge is -2.33. The maximum atomic E-state index is 13.0. The van der Waals surface area contributed by atoms with E-state index in [1.807, 2.05) is 40.3 Å². The van der Waals surface area contributed by atoms with Crippen LogP contribution in [0.2, 0.25) is 0 Å². The zero-order chi connectivity index (χ0) is 19.5. The zero-order valence-electron chi connectivity index (χ0n) is 16.5. The van der Waals surface area contributed by atoms with Crippen LogP contribution in [0.25, 0.3) is 11.0 Å². The molecule has 0 bridgehead atoms. The summed E-state index contributed by atoms with van der Waals surface area (Å²) in [6.45, 7) is 3.48. The van der Waals surface area contributed by atoms with Gasteiger partial charge in [0.2, 0.25) is 11.8 Å². The van der Waals surface area contributed by atoms with E-state index in [1.165, 1.54) is 0 Å². The van der Waals surface area contributed by atoms with E-state index in [-0.39, 0.29) is 11.8 Å². The van der Waals surface area contributed by atoms with Gasteiger partial charge in [-0.1, -0.05) is 12.1 Å². The van der Waals surface area contributed by atoms with Crippen molar-refractivity contribution >= 4 is 34.6 Å². The second kappa shape index (κ2) is 8.55. The number of para-hydroxylation sites is 2. The van der Waals surface area contributed by atoms with Gasteiger partial charge in [-0.3, -0.25) is 9.59 Å². The fourth-order valence-corrected chi connectivity index (χ4v) is 4.83. The Labute approximate surface area is 170 Å². The predicted molar refractivity (Wildman–Crippen MR) is 112 cm³/mol. The standard InChI is InChI=1S/C21H28N4O2S/c1-28-15-19-22-17-6-2-3-7-18(17)25(19)14-20(26)23-12-8-16(9-13-23)21(27)24-10-4-5-11-24/h2-3,6-7,16H,4-5,8-15H2,1H3. The summed E-state index contributed by atoms with van der Waals surface area (Å²) in [4.78, 5) is 34.2. The van der Waals surface area contributed by atoms with Gasteiger partial charge in [-0.2, -0.15) is 11.8 Å². The lowest BCUT2D eigenvalue weighted by Crippen LogP contribution is -2.44. The minimum Gasteiger partial charge on any atom is -0.342 e. The van der Waals surface area contributed by atoms with E-state index < -0.39 is 0 Å². The average Bonchev–Trinajstić information content (AvgIpc) is 3.37. The Morgan fingerprint density at radius 3 is 2.50 bits per heavy atom. The van der Waals surface area contributed by atoms with Crippen molar-refractivity contribution in [2.24, 2.45) is 5.92 Å². The van der Waals surface area contributed by atoms with Crippen molar-refractivity contribution in [1.29, 1.82) is 0 Å². The van der Waals surface area contributed by atoms with Gasteiger partial charge in [0, 0.05) is 32.1 Å². The molecule has 2 saturated heterocycles.